The van der Waals surface area contributed by atoms with E-state index >= 15 is 0 Å². The highest BCUT2D eigenvalue weighted by atomic mass is 16.5. The Morgan fingerprint density at radius 2 is 1.84 bits per heavy atom. The summed E-state index contributed by atoms with van der Waals surface area (Å²) in [5.41, 5.74) is 3.10. The Balaban J connectivity index is 1.69. The highest BCUT2D eigenvalue weighted by Crippen LogP contribution is 2.30. The van der Waals surface area contributed by atoms with Crippen LogP contribution in [-0.2, 0) is 9.59 Å². The fraction of sp³-hybridized carbons (Fsp3) is 0.333. The van der Waals surface area contributed by atoms with Gasteiger partial charge >= 0.3 is 5.97 Å². The van der Waals surface area contributed by atoms with Gasteiger partial charge < -0.3 is 9.64 Å². The molecule has 4 heteroatoms. The van der Waals surface area contributed by atoms with E-state index in [0.29, 0.717) is 12.3 Å². The van der Waals surface area contributed by atoms with Crippen LogP contribution in [0.15, 0.2) is 48.5 Å². The number of nitrogens with zero attached hydrogens (tertiary/aromatic N) is 1. The monoisotopic (exact) mass is 337 g/mol. The number of rotatable bonds is 4. The predicted octanol–water partition coefficient (Wildman–Crippen LogP) is 3.82. The van der Waals surface area contributed by atoms with E-state index in [2.05, 4.69) is 0 Å². The highest BCUT2D eigenvalue weighted by molar-refractivity contribution is 5.88. The van der Waals surface area contributed by atoms with Crippen LogP contribution in [-0.4, -0.2) is 23.3 Å². The SMILES string of the molecule is Cc1cccc(OC(=O)[C@@H]2CC(=O)N([C@H](C)c3ccccc3)C2)c1C. The molecule has 4 nitrogen and oxygen atoms in total. The Morgan fingerprint density at radius 3 is 2.56 bits per heavy atom. The minimum Gasteiger partial charge on any atom is -0.426 e. The lowest BCUT2D eigenvalue weighted by Gasteiger charge is -2.25. The van der Waals surface area contributed by atoms with Crippen molar-refractivity contribution in [1.82, 2.24) is 4.90 Å². The van der Waals surface area contributed by atoms with Crippen molar-refractivity contribution in [1.29, 1.82) is 0 Å². The average molecular weight is 337 g/mol. The van der Waals surface area contributed by atoms with Gasteiger partial charge in [-0.3, -0.25) is 9.59 Å². The first kappa shape index (κ1) is 17.2. The summed E-state index contributed by atoms with van der Waals surface area (Å²) >= 11 is 0. The highest BCUT2D eigenvalue weighted by Gasteiger charge is 2.38. The Kier molecular flexibility index (Phi) is 4.88. The molecule has 0 aromatic heterocycles. The summed E-state index contributed by atoms with van der Waals surface area (Å²) < 4.78 is 5.57. The zero-order valence-corrected chi connectivity index (χ0v) is 14.9. The first-order chi connectivity index (χ1) is 12.0. The molecule has 0 bridgehead atoms. The van der Waals surface area contributed by atoms with E-state index in [1.54, 1.807) is 11.0 Å². The van der Waals surface area contributed by atoms with Crippen molar-refractivity contribution in [2.24, 2.45) is 5.92 Å². The summed E-state index contributed by atoms with van der Waals surface area (Å²) in [4.78, 5) is 26.7. The summed E-state index contributed by atoms with van der Waals surface area (Å²) in [5, 5.41) is 0. The predicted molar refractivity (Wildman–Crippen MR) is 96.2 cm³/mol. The molecule has 2 aromatic carbocycles. The van der Waals surface area contributed by atoms with E-state index in [1.807, 2.05) is 63.2 Å². The molecular formula is C21H23NO3. The van der Waals surface area contributed by atoms with Gasteiger partial charge in [-0.25, -0.2) is 0 Å². The molecule has 1 aliphatic heterocycles. The zero-order valence-electron chi connectivity index (χ0n) is 14.9. The van der Waals surface area contributed by atoms with Gasteiger partial charge in [0.05, 0.1) is 12.0 Å². The number of esters is 1. The summed E-state index contributed by atoms with van der Waals surface area (Å²) in [7, 11) is 0. The first-order valence-corrected chi connectivity index (χ1v) is 8.59. The fourth-order valence-electron chi connectivity index (χ4n) is 3.20. The second-order valence-corrected chi connectivity index (χ2v) is 6.65. The summed E-state index contributed by atoms with van der Waals surface area (Å²) in [6.45, 7) is 6.31. The van der Waals surface area contributed by atoms with Gasteiger partial charge in [-0.2, -0.15) is 0 Å². The molecule has 0 aliphatic carbocycles. The van der Waals surface area contributed by atoms with E-state index < -0.39 is 5.92 Å². The lowest BCUT2D eigenvalue weighted by atomic mass is 10.1. The number of ether oxygens (including phenoxy) is 1. The molecule has 1 amide bonds. The van der Waals surface area contributed by atoms with Gasteiger partial charge in [0, 0.05) is 13.0 Å². The van der Waals surface area contributed by atoms with Crippen LogP contribution in [0.1, 0.15) is 36.1 Å². The summed E-state index contributed by atoms with van der Waals surface area (Å²) in [6, 6.07) is 15.5. The molecule has 1 heterocycles. The van der Waals surface area contributed by atoms with Gasteiger partial charge in [-0.1, -0.05) is 42.5 Å². The number of carbonyl (C=O) groups excluding carboxylic acids is 2. The standard InChI is InChI=1S/C21H23NO3/c1-14-8-7-11-19(15(14)2)25-21(24)18-12-20(23)22(13-18)16(3)17-9-5-4-6-10-17/h4-11,16,18H,12-13H2,1-3H3/t16-,18-/m1/s1. The van der Waals surface area contributed by atoms with Crippen LogP contribution in [0.2, 0.25) is 0 Å². The second-order valence-electron chi connectivity index (χ2n) is 6.65. The van der Waals surface area contributed by atoms with Crippen LogP contribution in [0, 0.1) is 19.8 Å². The van der Waals surface area contributed by atoms with E-state index in [-0.39, 0.29) is 24.3 Å². The third kappa shape index (κ3) is 3.58. The van der Waals surface area contributed by atoms with Gasteiger partial charge in [-0.05, 0) is 43.5 Å². The van der Waals surface area contributed by atoms with Gasteiger partial charge in [0.15, 0.2) is 0 Å². The third-order valence-electron chi connectivity index (χ3n) is 5.01. The lowest BCUT2D eigenvalue weighted by molar-refractivity contribution is -0.139. The Hall–Kier alpha value is -2.62. The minimum atomic E-state index is -0.418. The van der Waals surface area contributed by atoms with Crippen molar-refractivity contribution in [2.45, 2.75) is 33.2 Å². The molecular weight excluding hydrogens is 314 g/mol. The molecule has 2 atom stereocenters. The quantitative estimate of drug-likeness (QED) is 0.629. The smallest absolute Gasteiger partial charge is 0.316 e. The summed E-state index contributed by atoms with van der Waals surface area (Å²) in [5.74, 6) is -0.172. The average Bonchev–Trinajstić information content (AvgIpc) is 3.01. The van der Waals surface area contributed by atoms with Gasteiger partial charge in [0.1, 0.15) is 5.75 Å². The van der Waals surface area contributed by atoms with E-state index in [4.69, 9.17) is 4.74 Å². The lowest BCUT2D eigenvalue weighted by Crippen LogP contribution is -2.30. The summed E-state index contributed by atoms with van der Waals surface area (Å²) in [6.07, 6.45) is 0.209. The maximum atomic E-state index is 12.5. The largest absolute Gasteiger partial charge is 0.426 e. The van der Waals surface area contributed by atoms with Crippen LogP contribution in [0.5, 0.6) is 5.75 Å². The first-order valence-electron chi connectivity index (χ1n) is 8.59. The Bertz CT molecular complexity index is 785. The van der Waals surface area contributed by atoms with Crippen LogP contribution in [0.3, 0.4) is 0 Å². The Morgan fingerprint density at radius 1 is 1.12 bits per heavy atom. The molecule has 0 N–H and O–H groups in total. The van der Waals surface area contributed by atoms with Crippen molar-refractivity contribution in [3.05, 3.63) is 65.2 Å². The van der Waals surface area contributed by atoms with E-state index in [9.17, 15) is 9.59 Å². The molecule has 130 valence electrons. The molecule has 1 saturated heterocycles. The van der Waals surface area contributed by atoms with Crippen molar-refractivity contribution >= 4 is 11.9 Å². The number of amides is 1. The van der Waals surface area contributed by atoms with Crippen LogP contribution >= 0.6 is 0 Å². The van der Waals surface area contributed by atoms with Gasteiger partial charge in [0.2, 0.25) is 5.91 Å². The molecule has 2 aromatic rings. The molecule has 25 heavy (non-hydrogen) atoms. The molecule has 0 spiro atoms. The number of aryl methyl sites for hydroxylation is 1. The molecule has 0 unspecified atom stereocenters. The van der Waals surface area contributed by atoms with Crippen LogP contribution < -0.4 is 4.74 Å². The minimum absolute atomic E-state index is 0.000678. The van der Waals surface area contributed by atoms with Crippen LogP contribution in [0.4, 0.5) is 0 Å². The van der Waals surface area contributed by atoms with E-state index in [0.717, 1.165) is 16.7 Å². The van der Waals surface area contributed by atoms with E-state index in [1.165, 1.54) is 0 Å². The molecule has 0 saturated carbocycles. The van der Waals surface area contributed by atoms with Gasteiger partial charge in [0.25, 0.3) is 0 Å². The number of hydrogen-bond acceptors (Lipinski definition) is 3. The molecule has 3 rings (SSSR count). The zero-order chi connectivity index (χ0) is 18.0. The van der Waals surface area contributed by atoms with Crippen molar-refractivity contribution in [3.8, 4) is 5.75 Å². The molecule has 1 fully saturated rings. The molecule has 1 aliphatic rings. The maximum absolute atomic E-state index is 12.5. The van der Waals surface area contributed by atoms with Crippen molar-refractivity contribution in [2.75, 3.05) is 6.54 Å². The number of carbonyl (C=O) groups is 2. The number of likely N-dealkylation sites (tertiary alicyclic amines) is 1. The fourth-order valence-corrected chi connectivity index (χ4v) is 3.20. The molecule has 0 radical (unpaired) electrons. The Labute approximate surface area is 148 Å². The number of benzene rings is 2. The maximum Gasteiger partial charge on any atom is 0.316 e. The number of hydrogen-bond donors (Lipinski definition) is 0. The van der Waals surface area contributed by atoms with Crippen molar-refractivity contribution in [3.63, 3.8) is 0 Å². The van der Waals surface area contributed by atoms with Gasteiger partial charge in [-0.15, -0.1) is 0 Å². The second kappa shape index (κ2) is 7.09. The topological polar surface area (TPSA) is 46.6 Å². The van der Waals surface area contributed by atoms with Crippen molar-refractivity contribution < 1.29 is 14.3 Å². The normalized spacial score (nSPS) is 18.3. The van der Waals surface area contributed by atoms with Crippen LogP contribution in [0.25, 0.3) is 0 Å². The third-order valence-corrected chi connectivity index (χ3v) is 5.01.